The lowest BCUT2D eigenvalue weighted by molar-refractivity contribution is -0.233. The van der Waals surface area contributed by atoms with Gasteiger partial charge in [-0.3, -0.25) is 4.79 Å². The summed E-state index contributed by atoms with van der Waals surface area (Å²) in [6.07, 6.45) is 1.47. The maximum absolute atomic E-state index is 10.2. The molecule has 0 fully saturated rings. The molecule has 4 N–H and O–H groups in total. The van der Waals surface area contributed by atoms with Crippen molar-refractivity contribution in [1.82, 2.24) is 0 Å². The molecular weight excluding hydrogens is 198 g/mol. The van der Waals surface area contributed by atoms with Crippen LogP contribution in [-0.2, 0) is 24.2 Å². The number of carbonyl (C=O) groups excluding carboxylic acids is 1. The molecule has 8 heteroatoms. The summed E-state index contributed by atoms with van der Waals surface area (Å²) in [7, 11) is 0. The minimum Gasteiger partial charge on any atom is -0.473 e. The SMILES string of the molecule is NC(=O)C1=CCOO1.O=C(O)C(=O)O. The number of carboxylic acid groups (broad SMARTS) is 2. The number of rotatable bonds is 1. The standard InChI is InChI=1S/C4H5NO3.C2H2O4/c5-4(6)3-1-2-7-8-3;3-1(4)2(5)6/h1H,2H2,(H2,5,6);(H,3,4)(H,5,6). The molecule has 0 unspecified atom stereocenters. The third-order valence-electron chi connectivity index (χ3n) is 0.911. The van der Waals surface area contributed by atoms with E-state index in [0.717, 1.165) is 0 Å². The van der Waals surface area contributed by atoms with E-state index in [-0.39, 0.29) is 5.76 Å². The Morgan fingerprint density at radius 2 is 1.79 bits per heavy atom. The van der Waals surface area contributed by atoms with E-state index < -0.39 is 17.8 Å². The van der Waals surface area contributed by atoms with Crippen molar-refractivity contribution in [2.24, 2.45) is 5.73 Å². The van der Waals surface area contributed by atoms with E-state index in [9.17, 15) is 4.79 Å². The first kappa shape index (κ1) is 11.9. The average Bonchev–Trinajstić information content (AvgIpc) is 2.56. The Balaban J connectivity index is 0.000000255. The molecule has 0 atom stereocenters. The molecule has 0 aliphatic carbocycles. The number of hydrogen-bond donors (Lipinski definition) is 3. The Kier molecular flexibility index (Phi) is 4.71. The average molecular weight is 205 g/mol. The zero-order valence-electron chi connectivity index (χ0n) is 6.80. The van der Waals surface area contributed by atoms with Gasteiger partial charge in [0.1, 0.15) is 6.61 Å². The number of hydrogen-bond acceptors (Lipinski definition) is 5. The topological polar surface area (TPSA) is 136 Å². The van der Waals surface area contributed by atoms with Crippen LogP contribution in [0.25, 0.3) is 0 Å². The summed E-state index contributed by atoms with van der Waals surface area (Å²) in [5.74, 6) is -4.16. The van der Waals surface area contributed by atoms with Crippen LogP contribution in [0.4, 0.5) is 0 Å². The van der Waals surface area contributed by atoms with Crippen molar-refractivity contribution in [3.63, 3.8) is 0 Å². The van der Waals surface area contributed by atoms with Gasteiger partial charge in [0.2, 0.25) is 5.76 Å². The molecule has 0 spiro atoms. The van der Waals surface area contributed by atoms with Gasteiger partial charge in [-0.25, -0.2) is 9.59 Å². The second-order valence-corrected chi connectivity index (χ2v) is 1.91. The number of amides is 1. The molecule has 0 aromatic carbocycles. The molecule has 1 aliphatic rings. The number of aliphatic carboxylic acids is 2. The molecule has 0 saturated heterocycles. The van der Waals surface area contributed by atoms with Crippen LogP contribution in [-0.4, -0.2) is 34.7 Å². The Morgan fingerprint density at radius 3 is 1.93 bits per heavy atom. The van der Waals surface area contributed by atoms with Crippen molar-refractivity contribution in [2.75, 3.05) is 6.61 Å². The van der Waals surface area contributed by atoms with Crippen molar-refractivity contribution in [2.45, 2.75) is 0 Å². The minimum absolute atomic E-state index is 0.0880. The molecule has 1 aliphatic heterocycles. The van der Waals surface area contributed by atoms with Crippen LogP contribution in [0.3, 0.4) is 0 Å². The molecular formula is C6H7NO7. The Hall–Kier alpha value is -2.09. The predicted molar refractivity (Wildman–Crippen MR) is 39.6 cm³/mol. The third kappa shape index (κ3) is 4.72. The molecule has 0 aromatic heterocycles. The highest BCUT2D eigenvalue weighted by molar-refractivity contribution is 6.27. The number of nitrogens with two attached hydrogens (primary N) is 1. The Bertz CT molecular complexity index is 270. The lowest BCUT2D eigenvalue weighted by Gasteiger charge is -1.91. The molecule has 0 radical (unpaired) electrons. The molecule has 78 valence electrons. The molecule has 1 heterocycles. The highest BCUT2D eigenvalue weighted by Gasteiger charge is 2.11. The highest BCUT2D eigenvalue weighted by Crippen LogP contribution is 2.03. The van der Waals surface area contributed by atoms with Crippen LogP contribution in [0.2, 0.25) is 0 Å². The summed E-state index contributed by atoms with van der Waals surface area (Å²) in [4.78, 5) is 37.0. The van der Waals surface area contributed by atoms with Gasteiger partial charge in [-0.2, -0.15) is 4.89 Å². The third-order valence-corrected chi connectivity index (χ3v) is 0.911. The van der Waals surface area contributed by atoms with E-state index in [4.69, 9.17) is 25.5 Å². The lowest BCUT2D eigenvalue weighted by atomic mass is 10.4. The van der Waals surface area contributed by atoms with E-state index in [1.807, 2.05) is 0 Å². The second-order valence-electron chi connectivity index (χ2n) is 1.91. The first-order valence-electron chi connectivity index (χ1n) is 3.20. The smallest absolute Gasteiger partial charge is 0.414 e. The van der Waals surface area contributed by atoms with Gasteiger partial charge in [0.25, 0.3) is 5.91 Å². The van der Waals surface area contributed by atoms with Gasteiger partial charge in [-0.05, 0) is 6.08 Å². The molecule has 1 amide bonds. The second kappa shape index (κ2) is 5.54. The van der Waals surface area contributed by atoms with Gasteiger partial charge in [-0.1, -0.05) is 0 Å². The molecule has 0 bridgehead atoms. The van der Waals surface area contributed by atoms with Crippen molar-refractivity contribution in [3.8, 4) is 0 Å². The maximum atomic E-state index is 10.2. The fraction of sp³-hybridized carbons (Fsp3) is 0.167. The van der Waals surface area contributed by atoms with Gasteiger partial charge in [0, 0.05) is 0 Å². The van der Waals surface area contributed by atoms with E-state index in [1.54, 1.807) is 0 Å². The van der Waals surface area contributed by atoms with Gasteiger partial charge in [0.05, 0.1) is 0 Å². The first-order valence-corrected chi connectivity index (χ1v) is 3.20. The van der Waals surface area contributed by atoms with Crippen molar-refractivity contribution in [1.29, 1.82) is 0 Å². The summed E-state index contributed by atoms with van der Waals surface area (Å²) in [6.45, 7) is 0.304. The van der Waals surface area contributed by atoms with Crippen LogP contribution in [0, 0.1) is 0 Å². The normalized spacial score (nSPS) is 13.0. The fourth-order valence-corrected chi connectivity index (χ4v) is 0.383. The quantitative estimate of drug-likeness (QED) is 0.349. The zero-order valence-corrected chi connectivity index (χ0v) is 6.80. The molecule has 0 aromatic rings. The summed E-state index contributed by atoms with van der Waals surface area (Å²) in [5, 5.41) is 14.8. The van der Waals surface area contributed by atoms with Gasteiger partial charge in [-0.15, -0.1) is 0 Å². The van der Waals surface area contributed by atoms with E-state index in [2.05, 4.69) is 9.78 Å². The summed E-state index contributed by atoms with van der Waals surface area (Å²) < 4.78 is 0. The van der Waals surface area contributed by atoms with Gasteiger partial charge < -0.3 is 20.8 Å². The van der Waals surface area contributed by atoms with Crippen molar-refractivity contribution in [3.05, 3.63) is 11.8 Å². The lowest BCUT2D eigenvalue weighted by Crippen LogP contribution is -2.13. The highest BCUT2D eigenvalue weighted by atomic mass is 17.2. The predicted octanol–water partition coefficient (Wildman–Crippen LogP) is -1.53. The van der Waals surface area contributed by atoms with E-state index in [0.29, 0.717) is 6.61 Å². The zero-order chi connectivity index (χ0) is 11.1. The minimum atomic E-state index is -1.82. The van der Waals surface area contributed by atoms with Crippen LogP contribution in [0.15, 0.2) is 11.8 Å². The fourth-order valence-electron chi connectivity index (χ4n) is 0.383. The molecule has 8 nitrogen and oxygen atoms in total. The Morgan fingerprint density at radius 1 is 1.29 bits per heavy atom. The maximum Gasteiger partial charge on any atom is 0.414 e. The van der Waals surface area contributed by atoms with Gasteiger partial charge in [0.15, 0.2) is 0 Å². The van der Waals surface area contributed by atoms with Crippen LogP contribution >= 0.6 is 0 Å². The first-order chi connectivity index (χ1) is 6.45. The number of carbonyl (C=O) groups is 3. The van der Waals surface area contributed by atoms with Crippen LogP contribution in [0.5, 0.6) is 0 Å². The number of carboxylic acids is 2. The van der Waals surface area contributed by atoms with Crippen molar-refractivity contribution < 1.29 is 34.4 Å². The van der Waals surface area contributed by atoms with Gasteiger partial charge >= 0.3 is 11.9 Å². The monoisotopic (exact) mass is 205 g/mol. The van der Waals surface area contributed by atoms with E-state index in [1.165, 1.54) is 6.08 Å². The largest absolute Gasteiger partial charge is 0.473 e. The molecule has 14 heavy (non-hydrogen) atoms. The molecule has 0 saturated carbocycles. The van der Waals surface area contributed by atoms with Crippen LogP contribution < -0.4 is 5.73 Å². The van der Waals surface area contributed by atoms with E-state index >= 15 is 0 Å². The number of primary amides is 1. The summed E-state index contributed by atoms with van der Waals surface area (Å²) >= 11 is 0. The van der Waals surface area contributed by atoms with Crippen LogP contribution in [0.1, 0.15) is 0 Å². The molecule has 1 rings (SSSR count). The summed E-state index contributed by atoms with van der Waals surface area (Å²) in [6, 6.07) is 0. The summed E-state index contributed by atoms with van der Waals surface area (Å²) in [5.41, 5.74) is 4.79. The van der Waals surface area contributed by atoms with Crippen molar-refractivity contribution >= 4 is 17.8 Å². The Labute approximate surface area is 77.4 Å².